The molecule has 0 spiro atoms. The summed E-state index contributed by atoms with van der Waals surface area (Å²) in [5, 5.41) is 6.78. The molecular weight excluding hydrogens is 315 g/mol. The van der Waals surface area contributed by atoms with E-state index in [4.69, 9.17) is 35.4 Å². The zero-order chi connectivity index (χ0) is 14.5. The number of anilines is 1. The number of hydrogen-bond donors (Lipinski definition) is 2. The molecule has 20 heavy (non-hydrogen) atoms. The molecule has 0 radical (unpaired) electrons. The topological polar surface area (TPSA) is 49.8 Å². The Bertz CT molecular complexity index is 616. The van der Waals surface area contributed by atoms with Crippen LogP contribution in [0.15, 0.2) is 30.5 Å². The Kier molecular flexibility index (Phi) is 5.11. The minimum atomic E-state index is 0.178. The van der Waals surface area contributed by atoms with E-state index < -0.39 is 0 Å². The van der Waals surface area contributed by atoms with Gasteiger partial charge in [-0.1, -0.05) is 53.0 Å². The lowest BCUT2D eigenvalue weighted by molar-refractivity contribution is 0.923. The van der Waals surface area contributed by atoms with Gasteiger partial charge in [-0.2, -0.15) is 0 Å². The summed E-state index contributed by atoms with van der Waals surface area (Å²) in [5.74, 6) is 0.373. The summed E-state index contributed by atoms with van der Waals surface area (Å²) < 4.78 is 0. The molecule has 1 aromatic heterocycles. The molecule has 7 heteroatoms. The molecule has 0 aliphatic heterocycles. The normalized spacial score (nSPS) is 10.2. The van der Waals surface area contributed by atoms with Crippen LogP contribution in [0.1, 0.15) is 11.1 Å². The fraction of sp³-hybridized carbons (Fsp3) is 0.154. The Balaban J connectivity index is 1.90. The van der Waals surface area contributed by atoms with Gasteiger partial charge in [0.2, 0.25) is 0 Å². The van der Waals surface area contributed by atoms with Crippen LogP contribution in [0.3, 0.4) is 0 Å². The van der Waals surface area contributed by atoms with E-state index in [2.05, 4.69) is 32.7 Å². The lowest BCUT2D eigenvalue weighted by Crippen LogP contribution is -2.28. The fourth-order valence-electron chi connectivity index (χ4n) is 1.47. The molecule has 0 unspecified atom stereocenters. The monoisotopic (exact) mass is 326 g/mol. The number of hydrogen-bond acceptors (Lipinski definition) is 3. The number of nitrogens with one attached hydrogen (secondary N) is 2. The molecule has 0 aliphatic rings. The minimum Gasteiger partial charge on any atom is -0.358 e. The number of aryl methyl sites for hydroxylation is 1. The number of rotatable bonds is 3. The first-order chi connectivity index (χ1) is 9.54. The average molecular weight is 327 g/mol. The summed E-state index contributed by atoms with van der Waals surface area (Å²) >= 11 is 16.7. The van der Waals surface area contributed by atoms with Gasteiger partial charge in [-0.15, -0.1) is 0 Å². The highest BCUT2D eigenvalue weighted by atomic mass is 35.5. The maximum Gasteiger partial charge on any atom is 0.173 e. The van der Waals surface area contributed by atoms with E-state index in [1.165, 1.54) is 11.8 Å². The Morgan fingerprint density at radius 2 is 1.95 bits per heavy atom. The van der Waals surface area contributed by atoms with Gasteiger partial charge < -0.3 is 10.6 Å². The summed E-state index contributed by atoms with van der Waals surface area (Å²) in [7, 11) is 0. The van der Waals surface area contributed by atoms with Crippen molar-refractivity contribution < 1.29 is 0 Å². The third kappa shape index (κ3) is 4.30. The first-order valence-electron chi connectivity index (χ1n) is 5.83. The second-order valence-electron chi connectivity index (χ2n) is 4.13. The summed E-state index contributed by atoms with van der Waals surface area (Å²) in [6, 6.07) is 8.18. The van der Waals surface area contributed by atoms with Crippen LogP contribution in [-0.2, 0) is 6.54 Å². The predicted octanol–water partition coefficient (Wildman–Crippen LogP) is 3.58. The number of aromatic nitrogens is 2. The summed E-state index contributed by atoms with van der Waals surface area (Å²) in [6.07, 6.45) is 1.40. The van der Waals surface area contributed by atoms with Gasteiger partial charge in [0.1, 0.15) is 5.15 Å². The van der Waals surface area contributed by atoms with Crippen LogP contribution in [0.25, 0.3) is 0 Å². The SMILES string of the molecule is Cc1ccc(CNC(=S)Nc2ncc(Cl)nc2Cl)cc1. The van der Waals surface area contributed by atoms with Gasteiger partial charge in [-0.25, -0.2) is 9.97 Å². The second-order valence-corrected chi connectivity index (χ2v) is 5.28. The summed E-state index contributed by atoms with van der Waals surface area (Å²) in [4.78, 5) is 7.89. The van der Waals surface area contributed by atoms with Crippen molar-refractivity contribution in [3.8, 4) is 0 Å². The lowest BCUT2D eigenvalue weighted by Gasteiger charge is -2.10. The third-order valence-electron chi connectivity index (χ3n) is 2.51. The Labute approximate surface area is 132 Å². The van der Waals surface area contributed by atoms with Crippen LogP contribution >= 0.6 is 35.4 Å². The molecule has 0 atom stereocenters. The quantitative estimate of drug-likeness (QED) is 0.844. The summed E-state index contributed by atoms with van der Waals surface area (Å²) in [5.41, 5.74) is 2.35. The average Bonchev–Trinajstić information content (AvgIpc) is 2.41. The molecule has 0 amide bonds. The van der Waals surface area contributed by atoms with E-state index in [0.717, 1.165) is 5.56 Å². The van der Waals surface area contributed by atoms with Crippen molar-refractivity contribution in [3.05, 3.63) is 51.9 Å². The zero-order valence-electron chi connectivity index (χ0n) is 10.7. The van der Waals surface area contributed by atoms with Crippen LogP contribution in [-0.4, -0.2) is 15.1 Å². The van der Waals surface area contributed by atoms with Gasteiger partial charge in [0.15, 0.2) is 16.1 Å². The van der Waals surface area contributed by atoms with Gasteiger partial charge in [0, 0.05) is 6.54 Å². The smallest absolute Gasteiger partial charge is 0.173 e. The zero-order valence-corrected chi connectivity index (χ0v) is 13.0. The molecule has 0 bridgehead atoms. The van der Waals surface area contributed by atoms with Gasteiger partial charge in [-0.05, 0) is 24.7 Å². The number of thiocarbonyl (C=S) groups is 1. The highest BCUT2D eigenvalue weighted by molar-refractivity contribution is 7.80. The van der Waals surface area contributed by atoms with Crippen molar-refractivity contribution in [2.24, 2.45) is 0 Å². The van der Waals surface area contributed by atoms with Crippen molar-refractivity contribution in [2.75, 3.05) is 5.32 Å². The largest absolute Gasteiger partial charge is 0.358 e. The van der Waals surface area contributed by atoms with Crippen molar-refractivity contribution in [1.82, 2.24) is 15.3 Å². The third-order valence-corrected chi connectivity index (χ3v) is 3.20. The van der Waals surface area contributed by atoms with Crippen LogP contribution < -0.4 is 10.6 Å². The van der Waals surface area contributed by atoms with E-state index in [1.807, 2.05) is 19.1 Å². The summed E-state index contributed by atoms with van der Waals surface area (Å²) in [6.45, 7) is 2.66. The van der Waals surface area contributed by atoms with Crippen LogP contribution in [0.2, 0.25) is 10.3 Å². The molecule has 0 fully saturated rings. The molecule has 2 aromatic rings. The van der Waals surface area contributed by atoms with Crippen LogP contribution in [0.4, 0.5) is 5.82 Å². The first-order valence-corrected chi connectivity index (χ1v) is 6.99. The minimum absolute atomic E-state index is 0.178. The van der Waals surface area contributed by atoms with E-state index in [9.17, 15) is 0 Å². The standard InChI is InChI=1S/C13H12Cl2N4S/c1-8-2-4-9(5-3-8)6-17-13(20)19-12-11(15)18-10(14)7-16-12/h2-5,7H,6H2,1H3,(H2,16,17,19,20). The van der Waals surface area contributed by atoms with Crippen LogP contribution in [0.5, 0.6) is 0 Å². The molecule has 4 nitrogen and oxygen atoms in total. The van der Waals surface area contributed by atoms with Gasteiger partial charge >= 0.3 is 0 Å². The predicted molar refractivity (Wildman–Crippen MR) is 86.3 cm³/mol. The first kappa shape index (κ1) is 15.0. The molecule has 2 rings (SSSR count). The molecule has 2 N–H and O–H groups in total. The molecule has 1 aromatic carbocycles. The molecule has 0 saturated carbocycles. The van der Waals surface area contributed by atoms with Crippen LogP contribution in [0, 0.1) is 6.92 Å². The van der Waals surface area contributed by atoms with Crippen molar-refractivity contribution in [3.63, 3.8) is 0 Å². The number of halogens is 2. The van der Waals surface area contributed by atoms with E-state index in [0.29, 0.717) is 17.5 Å². The van der Waals surface area contributed by atoms with Crippen molar-refractivity contribution >= 4 is 46.4 Å². The van der Waals surface area contributed by atoms with Crippen molar-refractivity contribution in [1.29, 1.82) is 0 Å². The number of nitrogens with zero attached hydrogens (tertiary/aromatic N) is 2. The fourth-order valence-corrected chi connectivity index (χ4v) is 2.00. The maximum atomic E-state index is 5.90. The Hall–Kier alpha value is -1.43. The highest BCUT2D eigenvalue weighted by Gasteiger charge is 2.06. The van der Waals surface area contributed by atoms with Gasteiger partial charge in [-0.3, -0.25) is 0 Å². The van der Waals surface area contributed by atoms with E-state index in [1.54, 1.807) is 0 Å². The molecule has 0 saturated heterocycles. The van der Waals surface area contributed by atoms with Gasteiger partial charge in [0.25, 0.3) is 0 Å². The van der Waals surface area contributed by atoms with E-state index >= 15 is 0 Å². The molecule has 0 aliphatic carbocycles. The Morgan fingerprint density at radius 3 is 2.60 bits per heavy atom. The molecular formula is C13H12Cl2N4S. The number of benzene rings is 1. The maximum absolute atomic E-state index is 5.90. The Morgan fingerprint density at radius 1 is 1.25 bits per heavy atom. The van der Waals surface area contributed by atoms with E-state index in [-0.39, 0.29) is 10.3 Å². The lowest BCUT2D eigenvalue weighted by atomic mass is 10.1. The van der Waals surface area contributed by atoms with Crippen molar-refractivity contribution in [2.45, 2.75) is 13.5 Å². The second kappa shape index (κ2) is 6.83. The molecule has 104 valence electrons. The highest BCUT2D eigenvalue weighted by Crippen LogP contribution is 2.18. The molecule has 1 heterocycles. The van der Waals surface area contributed by atoms with Gasteiger partial charge in [0.05, 0.1) is 6.20 Å².